The molecule has 1 aromatic carbocycles. The number of anilines is 2. The van der Waals surface area contributed by atoms with E-state index in [1.807, 2.05) is 43.3 Å². The van der Waals surface area contributed by atoms with Gasteiger partial charge in [0.15, 0.2) is 5.69 Å². The molecule has 0 aliphatic heterocycles. The quantitative estimate of drug-likeness (QED) is 0.345. The molecule has 1 saturated carbocycles. The van der Waals surface area contributed by atoms with Crippen molar-refractivity contribution in [3.05, 3.63) is 83.9 Å². The fourth-order valence-corrected chi connectivity index (χ4v) is 3.94. The smallest absolute Gasteiger partial charge is 0.276 e. The molecule has 10 heteroatoms. The van der Waals surface area contributed by atoms with Gasteiger partial charge in [-0.25, -0.2) is 4.98 Å². The predicted molar refractivity (Wildman–Crippen MR) is 142 cm³/mol. The van der Waals surface area contributed by atoms with Gasteiger partial charge < -0.3 is 16.0 Å². The topological polar surface area (TPSA) is 139 Å². The molecule has 190 valence electrons. The van der Waals surface area contributed by atoms with Crippen LogP contribution in [-0.2, 0) is 4.79 Å². The highest BCUT2D eigenvalue weighted by Crippen LogP contribution is 2.32. The summed E-state index contributed by atoms with van der Waals surface area (Å²) < 4.78 is 0. The van der Waals surface area contributed by atoms with Gasteiger partial charge in [0.05, 0.1) is 17.5 Å². The lowest BCUT2D eigenvalue weighted by atomic mass is 9.99. The van der Waals surface area contributed by atoms with Crippen molar-refractivity contribution >= 4 is 29.2 Å². The lowest BCUT2D eigenvalue weighted by Crippen LogP contribution is -2.20. The Morgan fingerprint density at radius 2 is 1.66 bits per heavy atom. The van der Waals surface area contributed by atoms with E-state index in [-0.39, 0.29) is 29.0 Å². The number of aromatic nitrogens is 4. The molecule has 1 fully saturated rings. The van der Waals surface area contributed by atoms with Gasteiger partial charge in [-0.15, -0.1) is 5.10 Å². The second-order valence-corrected chi connectivity index (χ2v) is 9.02. The number of benzene rings is 1. The van der Waals surface area contributed by atoms with Crippen LogP contribution >= 0.6 is 0 Å². The van der Waals surface area contributed by atoms with E-state index in [1.54, 1.807) is 18.5 Å². The van der Waals surface area contributed by atoms with Gasteiger partial charge in [0.25, 0.3) is 11.8 Å². The summed E-state index contributed by atoms with van der Waals surface area (Å²) in [5.41, 5.74) is 5.21. The normalized spacial score (nSPS) is 12.5. The van der Waals surface area contributed by atoms with Crippen LogP contribution in [0.15, 0.2) is 67.1 Å². The molecule has 0 bridgehead atoms. The molecule has 0 radical (unpaired) electrons. The summed E-state index contributed by atoms with van der Waals surface area (Å²) in [5.74, 6) is -0.254. The molecule has 10 nitrogen and oxygen atoms in total. The van der Waals surface area contributed by atoms with Gasteiger partial charge in [-0.1, -0.05) is 6.07 Å². The second kappa shape index (κ2) is 10.6. The molecule has 1 aliphatic rings. The first-order chi connectivity index (χ1) is 18.4. The molecule has 3 heterocycles. The van der Waals surface area contributed by atoms with Crippen molar-refractivity contribution in [2.75, 3.05) is 17.7 Å². The fraction of sp³-hybridized carbons (Fsp3) is 0.179. The zero-order valence-electron chi connectivity index (χ0n) is 20.9. The van der Waals surface area contributed by atoms with Crippen molar-refractivity contribution < 1.29 is 14.4 Å². The number of aryl methyl sites for hydroxylation is 1. The average molecular weight is 508 g/mol. The number of nitrogens with zero attached hydrogens (tertiary/aromatic N) is 4. The molecule has 3 N–H and O–H groups in total. The molecule has 3 amide bonds. The zero-order chi connectivity index (χ0) is 26.6. The van der Waals surface area contributed by atoms with Crippen LogP contribution in [0.25, 0.3) is 22.4 Å². The summed E-state index contributed by atoms with van der Waals surface area (Å²) in [6.07, 6.45) is 6.51. The van der Waals surface area contributed by atoms with Gasteiger partial charge in [0.1, 0.15) is 5.82 Å². The van der Waals surface area contributed by atoms with Crippen LogP contribution in [0.1, 0.15) is 39.3 Å². The molecule has 0 atom stereocenters. The Morgan fingerprint density at radius 1 is 0.868 bits per heavy atom. The van der Waals surface area contributed by atoms with Gasteiger partial charge >= 0.3 is 0 Å². The number of hydrogen-bond acceptors (Lipinski definition) is 7. The molecule has 0 saturated heterocycles. The Morgan fingerprint density at radius 3 is 2.45 bits per heavy atom. The molecule has 38 heavy (non-hydrogen) atoms. The van der Waals surface area contributed by atoms with E-state index in [2.05, 4.69) is 36.1 Å². The molecular formula is C28H25N7O3. The van der Waals surface area contributed by atoms with Crippen LogP contribution in [-0.4, -0.2) is 44.9 Å². The maximum Gasteiger partial charge on any atom is 0.276 e. The maximum absolute atomic E-state index is 12.8. The molecule has 5 rings (SSSR count). The highest BCUT2D eigenvalue weighted by Gasteiger charge is 2.29. The first-order valence-corrected chi connectivity index (χ1v) is 12.1. The summed E-state index contributed by atoms with van der Waals surface area (Å²) in [4.78, 5) is 45.6. The Kier molecular flexibility index (Phi) is 6.86. The van der Waals surface area contributed by atoms with E-state index in [1.165, 1.54) is 19.3 Å². The minimum atomic E-state index is -0.481. The van der Waals surface area contributed by atoms with Crippen molar-refractivity contribution in [1.82, 2.24) is 25.5 Å². The highest BCUT2D eigenvalue weighted by molar-refractivity contribution is 6.05. The summed E-state index contributed by atoms with van der Waals surface area (Å²) in [6.45, 7) is 1.98. The van der Waals surface area contributed by atoms with E-state index < -0.39 is 5.91 Å². The third kappa shape index (κ3) is 5.54. The summed E-state index contributed by atoms with van der Waals surface area (Å²) >= 11 is 0. The maximum atomic E-state index is 12.8. The third-order valence-electron chi connectivity index (χ3n) is 6.20. The lowest BCUT2D eigenvalue weighted by Gasteiger charge is -2.12. The summed E-state index contributed by atoms with van der Waals surface area (Å²) in [5, 5.41) is 15.8. The van der Waals surface area contributed by atoms with E-state index in [0.29, 0.717) is 11.5 Å². The monoisotopic (exact) mass is 507 g/mol. The first-order valence-electron chi connectivity index (χ1n) is 12.1. The Bertz CT molecular complexity index is 1550. The predicted octanol–water partition coefficient (Wildman–Crippen LogP) is 3.87. The highest BCUT2D eigenvalue weighted by atomic mass is 16.2. The molecule has 0 unspecified atom stereocenters. The second-order valence-electron chi connectivity index (χ2n) is 9.02. The Balaban J connectivity index is 1.38. The van der Waals surface area contributed by atoms with Gasteiger partial charge in [0, 0.05) is 36.6 Å². The van der Waals surface area contributed by atoms with Crippen LogP contribution < -0.4 is 16.0 Å². The van der Waals surface area contributed by atoms with Crippen LogP contribution in [0, 0.1) is 12.8 Å². The Labute approximate surface area is 218 Å². The standard InChI is InChI=1S/C28H25N7O3/c1-16-3-6-21(33-28(38)24-12-20(15-32-35-24)26(36)29-2)14-22(16)18-7-9-30-23(11-18)19-8-10-31-25(13-19)34-27(37)17-4-5-17/h3,6-15,17H,4-5H2,1-2H3,(H,29,36)(H,33,38)(H,31,34,37). The molecule has 0 spiro atoms. The SMILES string of the molecule is CNC(=O)c1cnnc(C(=O)Nc2ccc(C)c(-c3ccnc(-c4ccnc(NC(=O)C5CC5)c4)c3)c2)c1. The van der Waals surface area contributed by atoms with E-state index in [4.69, 9.17) is 0 Å². The number of rotatable bonds is 7. The lowest BCUT2D eigenvalue weighted by molar-refractivity contribution is -0.117. The third-order valence-corrected chi connectivity index (χ3v) is 6.20. The van der Waals surface area contributed by atoms with Crippen LogP contribution in [0.3, 0.4) is 0 Å². The number of carbonyl (C=O) groups is 3. The van der Waals surface area contributed by atoms with Crippen LogP contribution in [0.4, 0.5) is 11.5 Å². The van der Waals surface area contributed by atoms with Gasteiger partial charge in [-0.3, -0.25) is 19.4 Å². The summed E-state index contributed by atoms with van der Waals surface area (Å²) in [6, 6.07) is 14.5. The number of nitrogens with one attached hydrogen (secondary N) is 3. The van der Waals surface area contributed by atoms with E-state index >= 15 is 0 Å². The van der Waals surface area contributed by atoms with E-state index in [0.717, 1.165) is 40.8 Å². The van der Waals surface area contributed by atoms with Gasteiger partial charge in [-0.2, -0.15) is 5.10 Å². The first kappa shape index (κ1) is 24.7. The zero-order valence-corrected chi connectivity index (χ0v) is 20.9. The number of carbonyl (C=O) groups excluding carboxylic acids is 3. The fourth-order valence-electron chi connectivity index (χ4n) is 3.94. The number of amides is 3. The van der Waals surface area contributed by atoms with Crippen LogP contribution in [0.2, 0.25) is 0 Å². The van der Waals surface area contributed by atoms with E-state index in [9.17, 15) is 14.4 Å². The molecule has 1 aliphatic carbocycles. The van der Waals surface area contributed by atoms with Gasteiger partial charge in [-0.05, 0) is 78.9 Å². The van der Waals surface area contributed by atoms with Crippen molar-refractivity contribution in [3.63, 3.8) is 0 Å². The van der Waals surface area contributed by atoms with Crippen LogP contribution in [0.5, 0.6) is 0 Å². The van der Waals surface area contributed by atoms with Gasteiger partial charge in [0.2, 0.25) is 5.91 Å². The number of pyridine rings is 2. The van der Waals surface area contributed by atoms with Crippen molar-refractivity contribution in [2.24, 2.45) is 5.92 Å². The minimum Gasteiger partial charge on any atom is -0.355 e. The molecule has 4 aromatic rings. The van der Waals surface area contributed by atoms with Crippen molar-refractivity contribution in [1.29, 1.82) is 0 Å². The summed E-state index contributed by atoms with van der Waals surface area (Å²) in [7, 11) is 1.50. The van der Waals surface area contributed by atoms with Crippen molar-refractivity contribution in [3.8, 4) is 22.4 Å². The van der Waals surface area contributed by atoms with Crippen molar-refractivity contribution in [2.45, 2.75) is 19.8 Å². The number of hydrogen-bond donors (Lipinski definition) is 3. The Hall–Kier alpha value is -4.99. The molecule has 3 aromatic heterocycles. The molecular weight excluding hydrogens is 482 g/mol. The average Bonchev–Trinajstić information content (AvgIpc) is 3.80. The minimum absolute atomic E-state index is 0.00261. The largest absolute Gasteiger partial charge is 0.355 e.